The van der Waals surface area contributed by atoms with E-state index in [2.05, 4.69) is 22.4 Å². The highest BCUT2D eigenvalue weighted by molar-refractivity contribution is 8.00. The van der Waals surface area contributed by atoms with E-state index in [9.17, 15) is 4.79 Å². The predicted molar refractivity (Wildman–Crippen MR) is 86.7 cm³/mol. The Morgan fingerprint density at radius 2 is 2.05 bits per heavy atom. The van der Waals surface area contributed by atoms with Crippen LogP contribution < -0.4 is 10.6 Å². The zero-order valence-corrected chi connectivity index (χ0v) is 13.3. The minimum Gasteiger partial charge on any atom is -0.351 e. The fourth-order valence-electron chi connectivity index (χ4n) is 3.12. The Labute approximate surface area is 128 Å². The summed E-state index contributed by atoms with van der Waals surface area (Å²) in [6, 6.07) is 4.49. The third-order valence-corrected chi connectivity index (χ3v) is 6.60. The second-order valence-electron chi connectivity index (χ2n) is 5.67. The maximum Gasteiger partial charge on any atom is 0.261 e. The Morgan fingerprint density at radius 1 is 1.25 bits per heavy atom. The van der Waals surface area contributed by atoms with Gasteiger partial charge in [0.05, 0.1) is 4.88 Å². The molecule has 2 aliphatic heterocycles. The normalized spacial score (nSPS) is 28.5. The van der Waals surface area contributed by atoms with E-state index >= 15 is 0 Å². The first kappa shape index (κ1) is 14.4. The van der Waals surface area contributed by atoms with Crippen LogP contribution in [0.2, 0.25) is 0 Å². The Hall–Kier alpha value is -0.520. The lowest BCUT2D eigenvalue weighted by molar-refractivity contribution is 0.0957. The maximum absolute atomic E-state index is 11.7. The Bertz CT molecular complexity index is 423. The number of hydrogen-bond acceptors (Lipinski definition) is 4. The van der Waals surface area contributed by atoms with E-state index in [1.165, 1.54) is 37.0 Å². The molecule has 110 valence electrons. The van der Waals surface area contributed by atoms with Crippen LogP contribution in [0.25, 0.3) is 0 Å². The number of carbonyl (C=O) groups is 1. The van der Waals surface area contributed by atoms with E-state index in [-0.39, 0.29) is 5.91 Å². The van der Waals surface area contributed by atoms with Crippen molar-refractivity contribution in [1.82, 2.24) is 10.6 Å². The first-order valence-corrected chi connectivity index (χ1v) is 9.34. The topological polar surface area (TPSA) is 41.1 Å². The second kappa shape index (κ2) is 6.96. The van der Waals surface area contributed by atoms with E-state index < -0.39 is 0 Å². The van der Waals surface area contributed by atoms with Gasteiger partial charge in [0.15, 0.2) is 0 Å². The van der Waals surface area contributed by atoms with Crippen LogP contribution in [0.3, 0.4) is 0 Å². The van der Waals surface area contributed by atoms with Gasteiger partial charge >= 0.3 is 0 Å². The number of carbonyl (C=O) groups excluding carboxylic acids is 1. The van der Waals surface area contributed by atoms with E-state index in [4.69, 9.17) is 0 Å². The minimum atomic E-state index is 0.0621. The van der Waals surface area contributed by atoms with Crippen molar-refractivity contribution >= 4 is 29.0 Å². The Balaban J connectivity index is 1.28. The van der Waals surface area contributed by atoms with Gasteiger partial charge in [0.2, 0.25) is 0 Å². The van der Waals surface area contributed by atoms with Gasteiger partial charge in [0.1, 0.15) is 0 Å². The molecule has 1 aromatic heterocycles. The number of fused-ring (bicyclic) bond motifs is 2. The molecule has 2 atom stereocenters. The molecule has 1 amide bonds. The lowest BCUT2D eigenvalue weighted by Gasteiger charge is -2.28. The quantitative estimate of drug-likeness (QED) is 0.794. The molecule has 0 saturated carbocycles. The molecule has 0 aromatic carbocycles. The van der Waals surface area contributed by atoms with Crippen molar-refractivity contribution in [2.24, 2.45) is 0 Å². The molecule has 2 aliphatic rings. The summed E-state index contributed by atoms with van der Waals surface area (Å²) in [6.45, 7) is 1.78. The van der Waals surface area contributed by atoms with Gasteiger partial charge in [-0.3, -0.25) is 4.79 Å². The van der Waals surface area contributed by atoms with Gasteiger partial charge in [-0.2, -0.15) is 11.8 Å². The Morgan fingerprint density at radius 3 is 2.75 bits per heavy atom. The van der Waals surface area contributed by atoms with Crippen molar-refractivity contribution in [2.45, 2.75) is 48.6 Å². The molecule has 2 N–H and O–H groups in total. The summed E-state index contributed by atoms with van der Waals surface area (Å²) in [4.78, 5) is 12.5. The number of hydrogen-bond donors (Lipinski definition) is 2. The summed E-state index contributed by atoms with van der Waals surface area (Å²) in [5.74, 6) is 0.0621. The highest BCUT2D eigenvalue weighted by Crippen LogP contribution is 2.43. The maximum atomic E-state index is 11.7. The molecule has 0 spiro atoms. The fraction of sp³-hybridized carbons (Fsp3) is 0.667. The first-order chi connectivity index (χ1) is 9.81. The first-order valence-electron chi connectivity index (χ1n) is 7.52. The lowest BCUT2D eigenvalue weighted by Crippen LogP contribution is -2.37. The monoisotopic (exact) mass is 310 g/mol. The van der Waals surface area contributed by atoms with Crippen LogP contribution in [0.4, 0.5) is 0 Å². The van der Waals surface area contributed by atoms with Gasteiger partial charge in [0, 0.05) is 23.1 Å². The average molecular weight is 310 g/mol. The summed E-state index contributed by atoms with van der Waals surface area (Å²) in [5.41, 5.74) is 0. The average Bonchev–Trinajstić information content (AvgIpc) is 3.08. The van der Waals surface area contributed by atoms with Crippen LogP contribution in [0, 0.1) is 0 Å². The van der Waals surface area contributed by atoms with Crippen molar-refractivity contribution < 1.29 is 4.79 Å². The van der Waals surface area contributed by atoms with E-state index in [1.54, 1.807) is 0 Å². The molecular weight excluding hydrogens is 288 g/mol. The van der Waals surface area contributed by atoms with Gasteiger partial charge in [-0.1, -0.05) is 6.07 Å². The number of amides is 1. The molecule has 5 heteroatoms. The van der Waals surface area contributed by atoms with Crippen LogP contribution in [-0.4, -0.2) is 35.5 Å². The molecule has 1 aromatic rings. The van der Waals surface area contributed by atoms with Crippen molar-refractivity contribution in [3.63, 3.8) is 0 Å². The predicted octanol–water partition coefficient (Wildman–Crippen LogP) is 2.88. The van der Waals surface area contributed by atoms with Crippen molar-refractivity contribution in [2.75, 3.05) is 13.1 Å². The number of thioether (sulfide) groups is 1. The van der Waals surface area contributed by atoms with Gasteiger partial charge in [0.25, 0.3) is 5.91 Å². The van der Waals surface area contributed by atoms with E-state index in [1.807, 2.05) is 17.5 Å². The standard InChI is InChI=1S/C15H22N2OS2/c18-15(14-3-1-8-19-14)17-7-2-6-16-11-9-12-4-5-13(10-11)20-12/h1,3,8,11-13,16H,2,4-7,9-10H2,(H,17,18). The Kier molecular flexibility index (Phi) is 5.02. The third kappa shape index (κ3) is 3.77. The second-order valence-corrected chi connectivity index (χ2v) is 8.22. The van der Waals surface area contributed by atoms with Gasteiger partial charge in [-0.15, -0.1) is 11.3 Å². The van der Waals surface area contributed by atoms with Crippen LogP contribution in [0.5, 0.6) is 0 Å². The molecule has 2 fully saturated rings. The van der Waals surface area contributed by atoms with E-state index in [0.29, 0.717) is 6.04 Å². The molecule has 3 rings (SSSR count). The van der Waals surface area contributed by atoms with Crippen LogP contribution in [0.15, 0.2) is 17.5 Å². The number of thiophene rings is 1. The summed E-state index contributed by atoms with van der Waals surface area (Å²) in [7, 11) is 0. The molecule has 2 saturated heterocycles. The highest BCUT2D eigenvalue weighted by atomic mass is 32.2. The molecule has 3 nitrogen and oxygen atoms in total. The summed E-state index contributed by atoms with van der Waals surface area (Å²) in [6.07, 6.45) is 6.52. The third-order valence-electron chi connectivity index (χ3n) is 4.11. The summed E-state index contributed by atoms with van der Waals surface area (Å²) >= 11 is 3.70. The smallest absolute Gasteiger partial charge is 0.261 e. The largest absolute Gasteiger partial charge is 0.351 e. The zero-order valence-electron chi connectivity index (χ0n) is 11.6. The highest BCUT2D eigenvalue weighted by Gasteiger charge is 2.34. The molecule has 20 heavy (non-hydrogen) atoms. The van der Waals surface area contributed by atoms with Crippen molar-refractivity contribution in [1.29, 1.82) is 0 Å². The fourth-order valence-corrected chi connectivity index (χ4v) is 5.53. The molecule has 2 unspecified atom stereocenters. The molecule has 0 aliphatic carbocycles. The number of nitrogens with one attached hydrogen (secondary N) is 2. The zero-order chi connectivity index (χ0) is 13.8. The number of rotatable bonds is 6. The molecule has 2 bridgehead atoms. The van der Waals surface area contributed by atoms with Gasteiger partial charge in [-0.25, -0.2) is 0 Å². The van der Waals surface area contributed by atoms with Crippen LogP contribution in [-0.2, 0) is 0 Å². The summed E-state index contributed by atoms with van der Waals surface area (Å²) < 4.78 is 0. The molecule has 3 heterocycles. The van der Waals surface area contributed by atoms with Gasteiger partial charge < -0.3 is 10.6 Å². The summed E-state index contributed by atoms with van der Waals surface area (Å²) in [5, 5.41) is 10.4. The van der Waals surface area contributed by atoms with Crippen molar-refractivity contribution in [3.8, 4) is 0 Å². The molecular formula is C15H22N2OS2. The lowest BCUT2D eigenvalue weighted by atomic mass is 10.1. The van der Waals surface area contributed by atoms with Crippen LogP contribution in [0.1, 0.15) is 41.8 Å². The van der Waals surface area contributed by atoms with E-state index in [0.717, 1.165) is 34.9 Å². The van der Waals surface area contributed by atoms with Gasteiger partial charge in [-0.05, 0) is 50.1 Å². The van der Waals surface area contributed by atoms with Crippen molar-refractivity contribution in [3.05, 3.63) is 22.4 Å². The minimum absolute atomic E-state index is 0.0621. The molecule has 0 radical (unpaired) electrons. The van der Waals surface area contributed by atoms with Crippen LogP contribution >= 0.6 is 23.1 Å². The SMILES string of the molecule is O=C(NCCCNC1CC2CCC(C1)S2)c1cccs1.